The van der Waals surface area contributed by atoms with Crippen LogP contribution in [0.5, 0.6) is 17.2 Å². The van der Waals surface area contributed by atoms with Crippen molar-refractivity contribution in [2.45, 2.75) is 52.3 Å². The molecule has 0 aromatic heterocycles. The Labute approximate surface area is 255 Å². The van der Waals surface area contributed by atoms with E-state index in [1.54, 1.807) is 0 Å². The number of hydrogen-bond donors (Lipinski definition) is 2. The maximum atomic E-state index is 13.7. The van der Waals surface area contributed by atoms with Crippen LogP contribution in [0.1, 0.15) is 49.5 Å². The van der Waals surface area contributed by atoms with E-state index in [2.05, 4.69) is 41.6 Å². The highest BCUT2D eigenvalue weighted by Crippen LogP contribution is 2.35. The zero-order chi connectivity index (χ0) is 30.3. The summed E-state index contributed by atoms with van der Waals surface area (Å²) in [5.74, 6) is 1.99. The minimum atomic E-state index is -0.198. The van der Waals surface area contributed by atoms with Crippen molar-refractivity contribution >= 4 is 17.5 Å². The van der Waals surface area contributed by atoms with E-state index in [1.165, 1.54) is 0 Å². The Hall–Kier alpha value is -3.88. The van der Waals surface area contributed by atoms with Gasteiger partial charge >= 0.3 is 0 Å². The van der Waals surface area contributed by atoms with E-state index < -0.39 is 0 Å². The van der Waals surface area contributed by atoms with Crippen molar-refractivity contribution in [3.63, 3.8) is 0 Å². The second kappa shape index (κ2) is 14.1. The van der Waals surface area contributed by atoms with Gasteiger partial charge < -0.3 is 25.0 Å². The molecular formula is C35H44N4O4. The first-order valence-corrected chi connectivity index (χ1v) is 15.4. The molecule has 228 valence electrons. The third kappa shape index (κ3) is 7.75. The SMILES string of the molecule is CC(C)N1C[C@H](C)[C@@H](CN(C)Cc2ccc(Oc3ccccc3)cc2)Oc2c(NC(=O)C3CCNCC3)cccc2C1=O. The molecule has 0 radical (unpaired) electrons. The molecule has 2 aliphatic heterocycles. The van der Waals surface area contributed by atoms with E-state index in [0.29, 0.717) is 30.1 Å². The number of rotatable bonds is 9. The summed E-state index contributed by atoms with van der Waals surface area (Å²) in [5.41, 5.74) is 2.22. The van der Waals surface area contributed by atoms with Crippen molar-refractivity contribution in [3.8, 4) is 17.2 Å². The maximum Gasteiger partial charge on any atom is 0.257 e. The van der Waals surface area contributed by atoms with Crippen LogP contribution in [0.4, 0.5) is 5.69 Å². The molecule has 2 N–H and O–H groups in total. The van der Waals surface area contributed by atoms with Gasteiger partial charge in [0.1, 0.15) is 17.6 Å². The zero-order valence-electron chi connectivity index (χ0n) is 25.7. The van der Waals surface area contributed by atoms with Gasteiger partial charge in [0.05, 0.1) is 11.3 Å². The van der Waals surface area contributed by atoms with Crippen LogP contribution in [0.15, 0.2) is 72.8 Å². The molecule has 0 aliphatic carbocycles. The van der Waals surface area contributed by atoms with Crippen molar-refractivity contribution in [2.24, 2.45) is 11.8 Å². The van der Waals surface area contributed by atoms with Gasteiger partial charge in [0.25, 0.3) is 5.91 Å². The number of nitrogens with zero attached hydrogens (tertiary/aromatic N) is 2. The van der Waals surface area contributed by atoms with Crippen molar-refractivity contribution < 1.29 is 19.1 Å². The summed E-state index contributed by atoms with van der Waals surface area (Å²) >= 11 is 0. The van der Waals surface area contributed by atoms with Gasteiger partial charge in [0, 0.05) is 37.5 Å². The molecule has 5 rings (SSSR count). The lowest BCUT2D eigenvalue weighted by atomic mass is 9.96. The van der Waals surface area contributed by atoms with E-state index in [4.69, 9.17) is 9.47 Å². The first-order valence-electron chi connectivity index (χ1n) is 15.4. The Morgan fingerprint density at radius 1 is 1.02 bits per heavy atom. The van der Waals surface area contributed by atoms with Crippen LogP contribution < -0.4 is 20.1 Å². The lowest BCUT2D eigenvalue weighted by Gasteiger charge is -2.38. The molecule has 2 aliphatic rings. The van der Waals surface area contributed by atoms with E-state index in [-0.39, 0.29) is 35.8 Å². The molecule has 2 atom stereocenters. The number of carbonyl (C=O) groups is 2. The third-order valence-corrected chi connectivity index (χ3v) is 8.33. The summed E-state index contributed by atoms with van der Waals surface area (Å²) in [5, 5.41) is 6.43. The summed E-state index contributed by atoms with van der Waals surface area (Å²) in [7, 11) is 2.08. The van der Waals surface area contributed by atoms with Crippen LogP contribution in [0.3, 0.4) is 0 Å². The van der Waals surface area contributed by atoms with Gasteiger partial charge in [0.15, 0.2) is 5.75 Å². The molecule has 8 heteroatoms. The molecule has 3 aromatic carbocycles. The normalized spacial score (nSPS) is 19.4. The number of amides is 2. The van der Waals surface area contributed by atoms with E-state index >= 15 is 0 Å². The number of anilines is 1. The molecule has 1 saturated heterocycles. The number of fused-ring (bicyclic) bond motifs is 1. The lowest BCUT2D eigenvalue weighted by Crippen LogP contribution is -2.48. The first-order chi connectivity index (χ1) is 20.8. The second-order valence-corrected chi connectivity index (χ2v) is 12.1. The Bertz CT molecular complexity index is 1370. The number of nitrogens with one attached hydrogen (secondary N) is 2. The van der Waals surface area contributed by atoms with Crippen molar-refractivity contribution in [1.29, 1.82) is 0 Å². The van der Waals surface area contributed by atoms with E-state index in [1.807, 2.05) is 79.4 Å². The van der Waals surface area contributed by atoms with Crippen LogP contribution in [0, 0.1) is 11.8 Å². The smallest absolute Gasteiger partial charge is 0.257 e. The van der Waals surface area contributed by atoms with Gasteiger partial charge in [0.2, 0.25) is 5.91 Å². The first kappa shape index (κ1) is 30.6. The van der Waals surface area contributed by atoms with Crippen molar-refractivity contribution in [1.82, 2.24) is 15.1 Å². The van der Waals surface area contributed by atoms with Gasteiger partial charge in [-0.3, -0.25) is 14.5 Å². The molecule has 0 spiro atoms. The minimum Gasteiger partial charge on any atom is -0.486 e. The van der Waals surface area contributed by atoms with Gasteiger partial charge in [-0.1, -0.05) is 43.3 Å². The van der Waals surface area contributed by atoms with Crippen LogP contribution in [0.2, 0.25) is 0 Å². The third-order valence-electron chi connectivity index (χ3n) is 8.33. The predicted octanol–water partition coefficient (Wildman–Crippen LogP) is 5.80. The molecule has 2 amide bonds. The highest BCUT2D eigenvalue weighted by molar-refractivity contribution is 6.02. The number of piperidine rings is 1. The number of hydrogen-bond acceptors (Lipinski definition) is 6. The standard InChI is InChI=1S/C35H44N4O4/c1-24(2)39-21-25(3)32(23-38(4)22-26-13-15-29(16-14-26)42-28-9-6-5-7-10-28)43-33-30(35(39)41)11-8-12-31(33)37-34(40)27-17-19-36-20-18-27/h5-16,24-25,27,32,36H,17-23H2,1-4H3,(H,37,40)/t25-,32+/m0/s1. The highest BCUT2D eigenvalue weighted by atomic mass is 16.5. The Balaban J connectivity index is 1.33. The second-order valence-electron chi connectivity index (χ2n) is 12.1. The fourth-order valence-electron chi connectivity index (χ4n) is 5.82. The summed E-state index contributed by atoms with van der Waals surface area (Å²) in [6.45, 7) is 9.86. The van der Waals surface area contributed by atoms with Crippen LogP contribution >= 0.6 is 0 Å². The number of likely N-dealkylation sites (N-methyl/N-ethyl adjacent to an activating group) is 1. The van der Waals surface area contributed by atoms with Crippen molar-refractivity contribution in [2.75, 3.05) is 38.5 Å². The molecule has 8 nitrogen and oxygen atoms in total. The summed E-state index contributed by atoms with van der Waals surface area (Å²) in [6.07, 6.45) is 1.40. The summed E-state index contributed by atoms with van der Waals surface area (Å²) in [4.78, 5) is 31.1. The topological polar surface area (TPSA) is 83.1 Å². The molecule has 0 saturated carbocycles. The Morgan fingerprint density at radius 2 is 1.72 bits per heavy atom. The van der Waals surface area contributed by atoms with E-state index in [0.717, 1.165) is 49.5 Å². The molecule has 0 unspecified atom stereocenters. The van der Waals surface area contributed by atoms with Crippen LogP contribution in [0.25, 0.3) is 0 Å². The van der Waals surface area contributed by atoms with Gasteiger partial charge in [-0.2, -0.15) is 0 Å². The monoisotopic (exact) mass is 584 g/mol. The number of carbonyl (C=O) groups excluding carboxylic acids is 2. The largest absolute Gasteiger partial charge is 0.486 e. The predicted molar refractivity (Wildman–Crippen MR) is 170 cm³/mol. The Morgan fingerprint density at radius 3 is 2.42 bits per heavy atom. The van der Waals surface area contributed by atoms with Gasteiger partial charge in [-0.05, 0) is 88.8 Å². The fourth-order valence-corrected chi connectivity index (χ4v) is 5.82. The summed E-state index contributed by atoms with van der Waals surface area (Å²) < 4.78 is 12.7. The van der Waals surface area contributed by atoms with Crippen LogP contribution in [-0.4, -0.2) is 67.0 Å². The molecule has 43 heavy (non-hydrogen) atoms. The molecular weight excluding hydrogens is 540 g/mol. The molecule has 1 fully saturated rings. The zero-order valence-corrected chi connectivity index (χ0v) is 25.7. The average molecular weight is 585 g/mol. The minimum absolute atomic E-state index is 0.0184. The Kier molecular flexibility index (Phi) is 10.00. The number of ether oxygens (including phenoxy) is 2. The average Bonchev–Trinajstić information content (AvgIpc) is 3.01. The summed E-state index contributed by atoms with van der Waals surface area (Å²) in [6, 6.07) is 23.4. The molecule has 2 heterocycles. The fraction of sp³-hybridized carbons (Fsp3) is 0.429. The van der Waals surface area contributed by atoms with Gasteiger partial charge in [-0.25, -0.2) is 0 Å². The van der Waals surface area contributed by atoms with Crippen molar-refractivity contribution in [3.05, 3.63) is 83.9 Å². The van der Waals surface area contributed by atoms with E-state index in [9.17, 15) is 9.59 Å². The lowest BCUT2D eigenvalue weighted by molar-refractivity contribution is -0.120. The maximum absolute atomic E-state index is 13.7. The quantitative estimate of drug-likeness (QED) is 0.331. The molecule has 3 aromatic rings. The number of para-hydroxylation sites is 2. The molecule has 0 bridgehead atoms. The van der Waals surface area contributed by atoms with Gasteiger partial charge in [-0.15, -0.1) is 0 Å². The number of benzene rings is 3. The van der Waals surface area contributed by atoms with Crippen LogP contribution in [-0.2, 0) is 11.3 Å². The highest BCUT2D eigenvalue weighted by Gasteiger charge is 2.34.